The van der Waals surface area contributed by atoms with Crippen molar-refractivity contribution in [2.75, 3.05) is 0 Å². The van der Waals surface area contributed by atoms with Crippen LogP contribution in [0.25, 0.3) is 0 Å². The Hall–Kier alpha value is -0.520. The second-order valence-electron chi connectivity index (χ2n) is 6.35. The van der Waals surface area contributed by atoms with Gasteiger partial charge >= 0.3 is 0 Å². The highest BCUT2D eigenvalue weighted by atomic mass is 14.5. The Bertz CT molecular complexity index is 293. The lowest BCUT2D eigenvalue weighted by atomic mass is 9.81. The zero-order valence-corrected chi connectivity index (χ0v) is 10.5. The van der Waals surface area contributed by atoms with Gasteiger partial charge in [-0.1, -0.05) is 44.6 Å². The molecule has 2 aliphatic carbocycles. The molecule has 1 fully saturated rings. The minimum absolute atomic E-state index is 0.369. The van der Waals surface area contributed by atoms with Crippen LogP contribution in [0.2, 0.25) is 0 Å². The largest absolute Gasteiger partial charge is 0.0877 e. The zero-order chi connectivity index (χ0) is 10.9. The van der Waals surface area contributed by atoms with Crippen molar-refractivity contribution in [3.05, 3.63) is 23.8 Å². The van der Waals surface area contributed by atoms with Gasteiger partial charge in [-0.05, 0) is 43.9 Å². The van der Waals surface area contributed by atoms with Gasteiger partial charge in [-0.3, -0.25) is 0 Å². The van der Waals surface area contributed by atoms with Crippen LogP contribution in [-0.2, 0) is 0 Å². The summed E-state index contributed by atoms with van der Waals surface area (Å²) in [6, 6.07) is 0. The fraction of sp³-hybridized carbons (Fsp3) is 0.733. The number of allylic oxidation sites excluding steroid dienone is 4. The van der Waals surface area contributed by atoms with Crippen molar-refractivity contribution in [3.63, 3.8) is 0 Å². The summed E-state index contributed by atoms with van der Waals surface area (Å²) in [5, 5.41) is 0. The molecule has 0 spiro atoms. The highest BCUT2D eigenvalue weighted by Gasteiger charge is 2.41. The van der Waals surface area contributed by atoms with Crippen LogP contribution in [0.4, 0.5) is 0 Å². The molecule has 0 heterocycles. The second kappa shape index (κ2) is 3.81. The normalized spacial score (nSPS) is 40.6. The molecule has 0 heteroatoms. The van der Waals surface area contributed by atoms with Gasteiger partial charge in [0.2, 0.25) is 0 Å². The van der Waals surface area contributed by atoms with Gasteiger partial charge in [-0.25, -0.2) is 0 Å². The lowest BCUT2D eigenvalue weighted by Crippen LogP contribution is -2.12. The van der Waals surface area contributed by atoms with Crippen molar-refractivity contribution in [2.45, 2.75) is 59.3 Å². The van der Waals surface area contributed by atoms with Crippen LogP contribution in [0, 0.1) is 10.8 Å². The molecule has 1 saturated carbocycles. The predicted octanol–water partition coefficient (Wildman–Crippen LogP) is 4.87. The van der Waals surface area contributed by atoms with E-state index >= 15 is 0 Å². The van der Waals surface area contributed by atoms with E-state index in [1.165, 1.54) is 38.5 Å². The first-order chi connectivity index (χ1) is 7.02. The predicted molar refractivity (Wildman–Crippen MR) is 66.8 cm³/mol. The average Bonchev–Trinajstić information content (AvgIpc) is 2.37. The van der Waals surface area contributed by atoms with E-state index in [2.05, 4.69) is 39.0 Å². The van der Waals surface area contributed by atoms with Crippen molar-refractivity contribution < 1.29 is 0 Å². The molecule has 15 heavy (non-hydrogen) atoms. The van der Waals surface area contributed by atoms with Crippen molar-refractivity contribution in [3.8, 4) is 0 Å². The van der Waals surface area contributed by atoms with Crippen LogP contribution >= 0.6 is 0 Å². The molecule has 0 bridgehead atoms. The van der Waals surface area contributed by atoms with Gasteiger partial charge in [0.25, 0.3) is 0 Å². The quantitative estimate of drug-likeness (QED) is 0.494. The molecule has 0 aliphatic heterocycles. The lowest BCUT2D eigenvalue weighted by molar-refractivity contribution is 0.334. The van der Waals surface area contributed by atoms with E-state index in [0.717, 1.165) is 0 Å². The molecule has 1 unspecified atom stereocenters. The van der Waals surface area contributed by atoms with Crippen LogP contribution in [0.1, 0.15) is 59.3 Å². The highest BCUT2D eigenvalue weighted by molar-refractivity contribution is 5.28. The van der Waals surface area contributed by atoms with Gasteiger partial charge in [-0.15, -0.1) is 0 Å². The first-order valence-electron chi connectivity index (χ1n) is 6.39. The summed E-state index contributed by atoms with van der Waals surface area (Å²) in [4.78, 5) is 0. The minimum Gasteiger partial charge on any atom is -0.0877 e. The molecule has 2 aliphatic rings. The summed E-state index contributed by atoms with van der Waals surface area (Å²) in [5.41, 5.74) is 2.57. The van der Waals surface area contributed by atoms with Crippen molar-refractivity contribution >= 4 is 0 Å². The maximum Gasteiger partial charge on any atom is 0.00678 e. The fourth-order valence-electron chi connectivity index (χ4n) is 3.39. The van der Waals surface area contributed by atoms with Crippen molar-refractivity contribution in [2.24, 2.45) is 10.8 Å². The Morgan fingerprint density at radius 1 is 1.07 bits per heavy atom. The molecule has 84 valence electrons. The van der Waals surface area contributed by atoms with Gasteiger partial charge in [0.05, 0.1) is 0 Å². The number of hydrogen-bond acceptors (Lipinski definition) is 0. The maximum absolute atomic E-state index is 2.53. The van der Waals surface area contributed by atoms with Crippen molar-refractivity contribution in [1.29, 1.82) is 0 Å². The molecule has 0 aromatic carbocycles. The van der Waals surface area contributed by atoms with E-state index in [9.17, 15) is 0 Å². The van der Waals surface area contributed by atoms with Crippen LogP contribution in [0.15, 0.2) is 23.8 Å². The summed E-state index contributed by atoms with van der Waals surface area (Å²) in [6.45, 7) is 7.24. The van der Waals surface area contributed by atoms with Gasteiger partial charge in [-0.2, -0.15) is 0 Å². The third kappa shape index (κ3) is 2.35. The van der Waals surface area contributed by atoms with E-state index in [1.807, 2.05) is 0 Å². The Morgan fingerprint density at radius 2 is 1.80 bits per heavy atom. The van der Waals surface area contributed by atoms with E-state index in [0.29, 0.717) is 10.8 Å². The zero-order valence-electron chi connectivity index (χ0n) is 10.5. The minimum atomic E-state index is 0.369. The van der Waals surface area contributed by atoms with Crippen LogP contribution in [0.5, 0.6) is 0 Å². The summed E-state index contributed by atoms with van der Waals surface area (Å²) in [5.74, 6) is 0. The van der Waals surface area contributed by atoms with Gasteiger partial charge < -0.3 is 0 Å². The highest BCUT2D eigenvalue weighted by Crippen LogP contribution is 2.53. The molecule has 0 nitrogen and oxygen atoms in total. The Labute approximate surface area is 94.5 Å². The summed E-state index contributed by atoms with van der Waals surface area (Å²) in [6.07, 6.45) is 15.4. The first kappa shape index (κ1) is 11.0. The molecule has 0 amide bonds. The van der Waals surface area contributed by atoms with Crippen LogP contribution < -0.4 is 0 Å². The average molecular weight is 204 g/mol. The fourth-order valence-corrected chi connectivity index (χ4v) is 3.39. The van der Waals surface area contributed by atoms with Gasteiger partial charge in [0, 0.05) is 5.41 Å². The van der Waals surface area contributed by atoms with Crippen LogP contribution in [0.3, 0.4) is 0 Å². The van der Waals surface area contributed by atoms with Gasteiger partial charge in [0.15, 0.2) is 0 Å². The van der Waals surface area contributed by atoms with Crippen molar-refractivity contribution in [1.82, 2.24) is 0 Å². The summed E-state index contributed by atoms with van der Waals surface area (Å²) >= 11 is 0. The lowest BCUT2D eigenvalue weighted by Gasteiger charge is -2.23. The maximum atomic E-state index is 2.53. The van der Waals surface area contributed by atoms with E-state index in [4.69, 9.17) is 0 Å². The number of rotatable bonds is 0. The molecular weight excluding hydrogens is 180 g/mol. The van der Waals surface area contributed by atoms with Gasteiger partial charge in [0.1, 0.15) is 0 Å². The molecular formula is C15H24. The Kier molecular flexibility index (Phi) is 2.79. The monoisotopic (exact) mass is 204 g/mol. The SMILES string of the molecule is CC1(C)C/C2=C/CCCC/C=C\C2(C)C1. The number of fused-ring (bicyclic) bond motifs is 1. The summed E-state index contributed by atoms with van der Waals surface area (Å²) in [7, 11) is 0. The molecule has 0 aromatic heterocycles. The molecule has 2 rings (SSSR count). The molecule has 0 saturated heterocycles. The topological polar surface area (TPSA) is 0 Å². The standard InChI is InChI=1S/C15H24/c1-14(2)11-13-9-7-5-4-6-8-10-15(13,3)12-14/h8-10H,4-7,11-12H2,1-3H3/b10-8-,13-9-. The Morgan fingerprint density at radius 3 is 2.60 bits per heavy atom. The molecule has 1 atom stereocenters. The molecule has 0 aromatic rings. The Balaban J connectivity index is 2.29. The third-order valence-corrected chi connectivity index (χ3v) is 3.95. The van der Waals surface area contributed by atoms with Crippen LogP contribution in [-0.4, -0.2) is 0 Å². The molecule has 0 N–H and O–H groups in total. The number of hydrogen-bond donors (Lipinski definition) is 0. The third-order valence-electron chi connectivity index (χ3n) is 3.95. The smallest absolute Gasteiger partial charge is 0.00678 e. The first-order valence-corrected chi connectivity index (χ1v) is 6.39. The van der Waals surface area contributed by atoms with E-state index < -0.39 is 0 Å². The second-order valence-corrected chi connectivity index (χ2v) is 6.35. The van der Waals surface area contributed by atoms with E-state index in [-0.39, 0.29) is 0 Å². The summed E-state index contributed by atoms with van der Waals surface area (Å²) < 4.78 is 0. The van der Waals surface area contributed by atoms with E-state index in [1.54, 1.807) is 5.57 Å². The molecule has 0 radical (unpaired) electrons.